The molecule has 0 aliphatic heterocycles. The molecule has 0 fully saturated rings. The van der Waals surface area contributed by atoms with Gasteiger partial charge in [0.1, 0.15) is 0 Å². The van der Waals surface area contributed by atoms with Crippen LogP contribution in [0.5, 0.6) is 0 Å². The average molecular weight is 557 g/mol. The summed E-state index contributed by atoms with van der Waals surface area (Å²) in [6, 6.07) is 33.0. The fourth-order valence-corrected chi connectivity index (χ4v) is 9.88. The molecule has 0 unspecified atom stereocenters. The molecule has 0 heterocycles. The second-order valence-corrected chi connectivity index (χ2v) is 12.1. The summed E-state index contributed by atoms with van der Waals surface area (Å²) in [5.74, 6) is 0. The molecule has 0 atom stereocenters. The van der Waals surface area contributed by atoms with Crippen LogP contribution in [0.15, 0.2) is 91.0 Å². The third kappa shape index (κ3) is 7.13. The summed E-state index contributed by atoms with van der Waals surface area (Å²) >= 11 is -1.41. The Balaban J connectivity index is 0.00000144. The van der Waals surface area contributed by atoms with Crippen molar-refractivity contribution in [2.45, 2.75) is 13.1 Å². The van der Waals surface area contributed by atoms with E-state index >= 15 is 0 Å². The number of halogens is 2. The van der Waals surface area contributed by atoms with E-state index in [-0.39, 0.29) is 34.0 Å². The Morgan fingerprint density at radius 3 is 0.917 bits per heavy atom. The molecule has 0 bridgehead atoms. The first-order valence-corrected chi connectivity index (χ1v) is 13.2. The molecule has 0 aromatic heterocycles. The zero-order valence-corrected chi connectivity index (χ0v) is 19.5. The third-order valence-electron chi connectivity index (χ3n) is 3.75. The Kier molecular flexibility index (Phi) is 10.7. The van der Waals surface area contributed by atoms with Crippen LogP contribution in [0.2, 0.25) is 0 Å². The molecule has 3 heteroatoms. The van der Waals surface area contributed by atoms with Crippen LogP contribution < -0.4 is 0 Å². The van der Waals surface area contributed by atoms with E-state index in [1.807, 2.05) is 0 Å². The van der Waals surface area contributed by atoms with E-state index < -0.39 is 20.2 Å². The van der Waals surface area contributed by atoms with Gasteiger partial charge in [-0.05, 0) is 0 Å². The van der Waals surface area contributed by atoms with Gasteiger partial charge in [-0.15, -0.1) is 34.0 Å². The fourth-order valence-electron chi connectivity index (χ4n) is 2.69. The van der Waals surface area contributed by atoms with Crippen molar-refractivity contribution in [1.82, 2.24) is 0 Å². The summed E-state index contributed by atoms with van der Waals surface area (Å²) in [5, 5.41) is 0. The zero-order valence-electron chi connectivity index (χ0n) is 13.5. The summed E-state index contributed by atoms with van der Waals surface area (Å²) in [7, 11) is 0. The van der Waals surface area contributed by atoms with Crippen molar-refractivity contribution in [3.05, 3.63) is 108 Å². The van der Waals surface area contributed by atoms with Crippen molar-refractivity contribution < 1.29 is 0 Å². The van der Waals surface area contributed by atoms with Gasteiger partial charge in [-0.25, -0.2) is 0 Å². The summed E-state index contributed by atoms with van der Waals surface area (Å²) in [4.78, 5) is 0. The van der Waals surface area contributed by atoms with Gasteiger partial charge in [0.25, 0.3) is 0 Å². The van der Waals surface area contributed by atoms with Crippen LogP contribution in [0.3, 0.4) is 0 Å². The second kappa shape index (κ2) is 11.9. The zero-order chi connectivity index (χ0) is 15.0. The Labute approximate surface area is 173 Å². The van der Waals surface area contributed by atoms with Crippen molar-refractivity contribution in [2.24, 2.45) is 0 Å². The first kappa shape index (κ1) is 21.5. The summed E-state index contributed by atoms with van der Waals surface area (Å²) in [5.41, 5.74) is 4.53. The van der Waals surface area contributed by atoms with Gasteiger partial charge in [0.15, 0.2) is 0 Å². The Morgan fingerprint density at radius 1 is 0.417 bits per heavy atom. The predicted octanol–water partition coefficient (Wildman–Crippen LogP) is 5.98. The molecular formula is C21H23Br2Sb. The molecule has 0 nitrogen and oxygen atoms in total. The van der Waals surface area contributed by atoms with Crippen molar-refractivity contribution in [3.63, 3.8) is 0 Å². The Bertz CT molecular complexity index is 573. The van der Waals surface area contributed by atoms with Gasteiger partial charge >= 0.3 is 141 Å². The standard InChI is InChI=1S/3C7H7.2BrH.Sb/c3*1-7-5-3-2-4-6-7;;;/h3*2-6H,1H2;2*1H;. The molecule has 0 saturated heterocycles. The van der Waals surface area contributed by atoms with Crippen molar-refractivity contribution in [2.75, 3.05) is 0 Å². The van der Waals surface area contributed by atoms with E-state index in [9.17, 15) is 0 Å². The summed E-state index contributed by atoms with van der Waals surface area (Å²) in [6.07, 6.45) is 0. The topological polar surface area (TPSA) is 0 Å². The van der Waals surface area contributed by atoms with Gasteiger partial charge in [-0.1, -0.05) is 0 Å². The minimum atomic E-state index is -1.41. The molecule has 0 N–H and O–H groups in total. The number of hydrogen-bond donors (Lipinski definition) is 0. The first-order chi connectivity index (χ1) is 10.9. The number of benzene rings is 3. The normalized spacial score (nSPS) is 9.88. The Hall–Kier alpha value is -0.562. The van der Waals surface area contributed by atoms with E-state index in [1.165, 1.54) is 29.8 Å². The van der Waals surface area contributed by atoms with Crippen LogP contribution in [0, 0.1) is 0 Å². The monoisotopic (exact) mass is 554 g/mol. The van der Waals surface area contributed by atoms with E-state index in [0.29, 0.717) is 0 Å². The maximum absolute atomic E-state index is 2.28. The molecule has 3 aromatic rings. The molecule has 0 saturated carbocycles. The maximum atomic E-state index is 2.28. The molecule has 3 rings (SSSR count). The van der Waals surface area contributed by atoms with E-state index in [1.54, 1.807) is 0 Å². The molecule has 24 heavy (non-hydrogen) atoms. The van der Waals surface area contributed by atoms with Crippen LogP contribution in [0.25, 0.3) is 0 Å². The van der Waals surface area contributed by atoms with Crippen molar-refractivity contribution >= 4 is 54.2 Å². The average Bonchev–Trinajstić information content (AvgIpc) is 2.57. The molecule has 3 aromatic carbocycles. The van der Waals surface area contributed by atoms with Crippen LogP contribution >= 0.6 is 34.0 Å². The van der Waals surface area contributed by atoms with E-state index in [4.69, 9.17) is 0 Å². The summed E-state index contributed by atoms with van der Waals surface area (Å²) < 4.78 is 3.94. The summed E-state index contributed by atoms with van der Waals surface area (Å²) in [6.45, 7) is 0. The number of rotatable bonds is 6. The van der Waals surface area contributed by atoms with E-state index in [0.717, 1.165) is 0 Å². The second-order valence-electron chi connectivity index (χ2n) is 5.60. The van der Waals surface area contributed by atoms with Crippen molar-refractivity contribution in [3.8, 4) is 0 Å². The molecule has 0 amide bonds. The molecule has 0 radical (unpaired) electrons. The third-order valence-corrected chi connectivity index (χ3v) is 10.7. The van der Waals surface area contributed by atoms with Gasteiger partial charge in [0.2, 0.25) is 0 Å². The van der Waals surface area contributed by atoms with Crippen molar-refractivity contribution in [1.29, 1.82) is 0 Å². The van der Waals surface area contributed by atoms with Crippen LogP contribution in [-0.4, -0.2) is 20.2 Å². The number of hydrogen-bond acceptors (Lipinski definition) is 0. The minimum absolute atomic E-state index is 0. The predicted molar refractivity (Wildman–Crippen MR) is 117 cm³/mol. The molecule has 0 spiro atoms. The van der Waals surface area contributed by atoms with Crippen LogP contribution in [0.4, 0.5) is 0 Å². The Morgan fingerprint density at radius 2 is 0.667 bits per heavy atom. The molecule has 0 aliphatic carbocycles. The molecular weight excluding hydrogens is 534 g/mol. The molecule has 0 aliphatic rings. The van der Waals surface area contributed by atoms with Gasteiger partial charge in [-0.2, -0.15) is 0 Å². The van der Waals surface area contributed by atoms with Crippen LogP contribution in [0.1, 0.15) is 16.7 Å². The van der Waals surface area contributed by atoms with Gasteiger partial charge in [0.05, 0.1) is 0 Å². The first-order valence-electron chi connectivity index (χ1n) is 7.74. The van der Waals surface area contributed by atoms with E-state index in [2.05, 4.69) is 91.0 Å². The van der Waals surface area contributed by atoms with Crippen LogP contribution in [-0.2, 0) is 13.1 Å². The fraction of sp³-hybridized carbons (Fsp3) is 0.143. The van der Waals surface area contributed by atoms with Gasteiger partial charge in [-0.3, -0.25) is 0 Å². The van der Waals surface area contributed by atoms with Gasteiger partial charge < -0.3 is 0 Å². The quantitative estimate of drug-likeness (QED) is 0.328. The SMILES string of the molecule is Br.Br.c1ccc([CH2][Sb]([CH2]c2ccccc2)[CH2]c2ccccc2)cc1. The molecule has 126 valence electrons. The van der Waals surface area contributed by atoms with Gasteiger partial charge in [0, 0.05) is 0 Å².